The van der Waals surface area contributed by atoms with E-state index in [9.17, 15) is 4.79 Å². The van der Waals surface area contributed by atoms with E-state index in [0.29, 0.717) is 40.2 Å². The second-order valence-electron chi connectivity index (χ2n) is 10.3. The first-order valence-electron chi connectivity index (χ1n) is 13.6. The molecule has 1 fully saturated rings. The molecule has 0 saturated heterocycles. The molecule has 12 heteroatoms. The molecule has 1 aromatic carbocycles. The first kappa shape index (κ1) is 27.1. The average Bonchev–Trinajstić information content (AvgIpc) is 3.39. The summed E-state index contributed by atoms with van der Waals surface area (Å²) in [5.74, 6) is 1.06. The Morgan fingerprint density at radius 3 is 2.68 bits per heavy atom. The van der Waals surface area contributed by atoms with Crippen molar-refractivity contribution < 1.29 is 19.0 Å². The first-order chi connectivity index (χ1) is 19.9. The van der Waals surface area contributed by atoms with Crippen molar-refractivity contribution in [2.45, 2.75) is 51.0 Å². The van der Waals surface area contributed by atoms with Crippen molar-refractivity contribution in [3.05, 3.63) is 70.4 Å². The van der Waals surface area contributed by atoms with Gasteiger partial charge in [-0.15, -0.1) is 0 Å². The number of anilines is 2. The summed E-state index contributed by atoms with van der Waals surface area (Å²) in [4.78, 5) is 24.6. The molecule has 2 aliphatic rings. The van der Waals surface area contributed by atoms with Gasteiger partial charge in [0.15, 0.2) is 22.2 Å². The van der Waals surface area contributed by atoms with Gasteiger partial charge in [0.2, 0.25) is 0 Å². The molecule has 1 amide bonds. The number of carbonyl (C=O) groups excluding carboxylic acids is 1. The van der Waals surface area contributed by atoms with Gasteiger partial charge in [0, 0.05) is 18.7 Å². The van der Waals surface area contributed by atoms with Gasteiger partial charge in [0.05, 0.1) is 62.4 Å². The Kier molecular flexibility index (Phi) is 7.55. The molecule has 0 spiro atoms. The van der Waals surface area contributed by atoms with Crippen LogP contribution in [0.2, 0.25) is 5.15 Å². The van der Waals surface area contributed by atoms with E-state index in [2.05, 4.69) is 25.3 Å². The number of methoxy groups -OCH3 is 2. The Balaban J connectivity index is 1.17. The quantitative estimate of drug-likeness (QED) is 0.305. The number of ether oxygens (including phenoxy) is 3. The van der Waals surface area contributed by atoms with Gasteiger partial charge in [-0.3, -0.25) is 9.78 Å². The maximum atomic E-state index is 13.4. The highest BCUT2D eigenvalue weighted by molar-refractivity contribution is 6.30. The molecular weight excluding hydrogens is 546 g/mol. The highest BCUT2D eigenvalue weighted by atomic mass is 35.5. The number of hydrogen-bond acceptors (Lipinski definition) is 9. The van der Waals surface area contributed by atoms with Crippen LogP contribution in [-0.2, 0) is 24.3 Å². The minimum Gasteiger partial charge on any atom is -0.497 e. The molecule has 214 valence electrons. The van der Waals surface area contributed by atoms with Gasteiger partial charge < -0.3 is 30.2 Å². The summed E-state index contributed by atoms with van der Waals surface area (Å²) in [7, 11) is 3.20. The van der Waals surface area contributed by atoms with Crippen molar-refractivity contribution >= 4 is 34.5 Å². The second kappa shape index (κ2) is 11.4. The van der Waals surface area contributed by atoms with E-state index in [1.165, 1.54) is 0 Å². The number of amides is 1. The molecule has 1 aliphatic heterocycles. The summed E-state index contributed by atoms with van der Waals surface area (Å²) < 4.78 is 18.1. The normalized spacial score (nSPS) is 18.1. The summed E-state index contributed by atoms with van der Waals surface area (Å²) in [5.41, 5.74) is 11.1. The van der Waals surface area contributed by atoms with Gasteiger partial charge in [-0.05, 0) is 49.4 Å². The Labute approximate surface area is 242 Å². The van der Waals surface area contributed by atoms with E-state index >= 15 is 0 Å². The third kappa shape index (κ3) is 5.34. The molecule has 0 radical (unpaired) electrons. The number of benzene rings is 1. The zero-order chi connectivity index (χ0) is 28.5. The summed E-state index contributed by atoms with van der Waals surface area (Å²) >= 11 is 6.68. The first-order valence-corrected chi connectivity index (χ1v) is 14.0. The third-order valence-corrected chi connectivity index (χ3v) is 8.06. The van der Waals surface area contributed by atoms with Crippen molar-refractivity contribution in [3.8, 4) is 11.5 Å². The van der Waals surface area contributed by atoms with Crippen molar-refractivity contribution in [1.82, 2.24) is 24.9 Å². The van der Waals surface area contributed by atoms with E-state index in [4.69, 9.17) is 31.5 Å². The number of nitrogen functional groups attached to an aromatic ring is 1. The van der Waals surface area contributed by atoms with E-state index in [-0.39, 0.29) is 24.7 Å². The van der Waals surface area contributed by atoms with Crippen molar-refractivity contribution in [3.63, 3.8) is 0 Å². The Hall–Kier alpha value is -4.09. The molecule has 1 saturated carbocycles. The van der Waals surface area contributed by atoms with Gasteiger partial charge in [-0.2, -0.15) is 5.10 Å². The number of fused-ring (bicyclic) bond motifs is 3. The largest absolute Gasteiger partial charge is 0.497 e. The standard InChI is InChI=1S/C29H32ClN7O4/c1-39-19-7-5-17(6-8-19)15-36-11-3-4-20-26(36)28-33-13-23(37(28)35-27(20)30)29(38)34-22-9-10-24(22)41-16-18-12-21(31)25(40-2)14-32-18/h5-8,12-14,22,24H,3-4,9-11,15-16H2,1-2H3,(H2,31,32)(H,34,38)/t22-,24-/m1/s1. The lowest BCUT2D eigenvalue weighted by Gasteiger charge is -2.36. The topological polar surface area (TPSA) is 129 Å². The minimum absolute atomic E-state index is 0.132. The van der Waals surface area contributed by atoms with Crippen molar-refractivity contribution in [2.75, 3.05) is 31.4 Å². The van der Waals surface area contributed by atoms with Crippen LogP contribution in [0.15, 0.2) is 42.7 Å². The van der Waals surface area contributed by atoms with E-state index in [0.717, 1.165) is 54.8 Å². The van der Waals surface area contributed by atoms with Gasteiger partial charge in [0.1, 0.15) is 5.75 Å². The predicted octanol–water partition coefficient (Wildman–Crippen LogP) is 3.81. The molecule has 1 aliphatic carbocycles. The monoisotopic (exact) mass is 577 g/mol. The predicted molar refractivity (Wildman–Crippen MR) is 155 cm³/mol. The van der Waals surface area contributed by atoms with Crippen LogP contribution < -0.4 is 25.4 Å². The van der Waals surface area contributed by atoms with E-state index in [1.807, 2.05) is 24.3 Å². The van der Waals surface area contributed by atoms with Crippen LogP contribution in [0.25, 0.3) is 5.65 Å². The third-order valence-electron chi connectivity index (χ3n) is 7.76. The maximum absolute atomic E-state index is 13.4. The summed E-state index contributed by atoms with van der Waals surface area (Å²) in [6.07, 6.45) is 6.41. The lowest BCUT2D eigenvalue weighted by atomic mass is 9.89. The number of nitrogens with zero attached hydrogens (tertiary/aromatic N) is 5. The molecule has 4 heterocycles. The molecule has 3 N–H and O–H groups in total. The van der Waals surface area contributed by atoms with Gasteiger partial charge in [-0.1, -0.05) is 23.7 Å². The number of rotatable bonds is 9. The number of imidazole rings is 1. The van der Waals surface area contributed by atoms with Crippen molar-refractivity contribution in [2.24, 2.45) is 0 Å². The SMILES string of the molecule is COc1ccc(CN2CCCc3c(Cl)nn4c(C(=O)N[C@@H]5CC[C@H]5OCc5cc(N)c(OC)cn5)cnc4c32)cc1. The van der Waals surface area contributed by atoms with Crippen LogP contribution in [0.3, 0.4) is 0 Å². The molecule has 3 aromatic heterocycles. The van der Waals surface area contributed by atoms with E-state index < -0.39 is 0 Å². The number of carbonyl (C=O) groups is 1. The second-order valence-corrected chi connectivity index (χ2v) is 10.7. The number of aromatic nitrogens is 4. The number of halogens is 1. The van der Waals surface area contributed by atoms with Crippen LogP contribution in [-0.4, -0.2) is 58.4 Å². The van der Waals surface area contributed by atoms with E-state index in [1.54, 1.807) is 37.2 Å². The van der Waals surface area contributed by atoms with Crippen molar-refractivity contribution in [1.29, 1.82) is 0 Å². The minimum atomic E-state index is -0.274. The molecule has 2 atom stereocenters. The fourth-order valence-corrected chi connectivity index (χ4v) is 5.65. The molecule has 11 nitrogen and oxygen atoms in total. The molecule has 4 aromatic rings. The number of nitrogens with one attached hydrogen (secondary N) is 1. The van der Waals surface area contributed by atoms with Crippen LogP contribution >= 0.6 is 11.6 Å². The van der Waals surface area contributed by atoms with Crippen LogP contribution in [0.1, 0.15) is 46.6 Å². The Morgan fingerprint density at radius 1 is 1.15 bits per heavy atom. The number of hydrogen-bond donors (Lipinski definition) is 2. The number of nitrogens with two attached hydrogens (primary N) is 1. The molecular formula is C29H32ClN7O4. The highest BCUT2D eigenvalue weighted by Gasteiger charge is 2.34. The number of pyridine rings is 1. The van der Waals surface area contributed by atoms with Gasteiger partial charge in [0.25, 0.3) is 5.91 Å². The lowest BCUT2D eigenvalue weighted by molar-refractivity contribution is -0.0351. The van der Waals surface area contributed by atoms with Crippen LogP contribution in [0.5, 0.6) is 11.5 Å². The molecule has 0 unspecified atom stereocenters. The Bertz CT molecular complexity index is 1580. The molecule has 6 rings (SSSR count). The Morgan fingerprint density at radius 2 is 1.98 bits per heavy atom. The summed E-state index contributed by atoms with van der Waals surface area (Å²) in [6.45, 7) is 1.81. The molecule has 0 bridgehead atoms. The smallest absolute Gasteiger partial charge is 0.271 e. The summed E-state index contributed by atoms with van der Waals surface area (Å²) in [6, 6.07) is 9.60. The van der Waals surface area contributed by atoms with Crippen LogP contribution in [0, 0.1) is 0 Å². The fraction of sp³-hybridized carbons (Fsp3) is 0.379. The highest BCUT2D eigenvalue weighted by Crippen LogP contribution is 2.36. The summed E-state index contributed by atoms with van der Waals surface area (Å²) in [5, 5.41) is 8.03. The zero-order valence-electron chi connectivity index (χ0n) is 23.0. The zero-order valence-corrected chi connectivity index (χ0v) is 23.7. The van der Waals surface area contributed by atoms with Gasteiger partial charge >= 0.3 is 0 Å². The molecule has 41 heavy (non-hydrogen) atoms. The van der Waals surface area contributed by atoms with Gasteiger partial charge in [-0.25, -0.2) is 9.50 Å². The van der Waals surface area contributed by atoms with Crippen LogP contribution in [0.4, 0.5) is 11.4 Å². The average molecular weight is 578 g/mol. The maximum Gasteiger partial charge on any atom is 0.271 e. The lowest BCUT2D eigenvalue weighted by Crippen LogP contribution is -2.51. The fourth-order valence-electron chi connectivity index (χ4n) is 5.39.